The summed E-state index contributed by atoms with van der Waals surface area (Å²) in [7, 11) is -3.06. The molecule has 0 bridgehead atoms. The lowest BCUT2D eigenvalue weighted by Gasteiger charge is -2.35. The average Bonchev–Trinajstić information content (AvgIpc) is 3.18. The van der Waals surface area contributed by atoms with Gasteiger partial charge in [0, 0.05) is 32.4 Å². The molecule has 1 aliphatic heterocycles. The first kappa shape index (κ1) is 24.3. The molecule has 4 rings (SSSR count). The van der Waals surface area contributed by atoms with Crippen LogP contribution in [0.15, 0.2) is 36.4 Å². The molecule has 0 atom stereocenters. The first-order valence-corrected chi connectivity index (χ1v) is 13.9. The summed E-state index contributed by atoms with van der Waals surface area (Å²) in [6, 6.07) is 12.6. The van der Waals surface area contributed by atoms with Crippen LogP contribution in [0.5, 0.6) is 0 Å². The first-order chi connectivity index (χ1) is 16.2. The Labute approximate surface area is 202 Å². The van der Waals surface area contributed by atoms with E-state index < -0.39 is 9.84 Å². The highest BCUT2D eigenvalue weighted by Crippen LogP contribution is 2.27. The molecule has 1 aliphatic rings. The molecule has 7 nitrogen and oxygen atoms in total. The number of urea groups is 1. The van der Waals surface area contributed by atoms with Gasteiger partial charge >= 0.3 is 6.03 Å². The number of aryl methyl sites for hydroxylation is 2. The highest BCUT2D eigenvalue weighted by atomic mass is 32.2. The number of carbonyl (C=O) groups is 1. The maximum absolute atomic E-state index is 13.4. The third-order valence-electron chi connectivity index (χ3n) is 6.73. The van der Waals surface area contributed by atoms with Crippen molar-refractivity contribution in [3.63, 3.8) is 0 Å². The number of imidazole rings is 1. The second kappa shape index (κ2) is 9.78. The Kier molecular flexibility index (Phi) is 6.98. The van der Waals surface area contributed by atoms with E-state index in [-0.39, 0.29) is 11.3 Å². The lowest BCUT2D eigenvalue weighted by atomic mass is 9.99. The molecule has 2 amide bonds. The van der Waals surface area contributed by atoms with Gasteiger partial charge in [0.1, 0.15) is 15.7 Å². The van der Waals surface area contributed by atoms with E-state index in [0.29, 0.717) is 39.0 Å². The van der Waals surface area contributed by atoms with Crippen LogP contribution < -0.4 is 0 Å². The van der Waals surface area contributed by atoms with E-state index in [1.54, 1.807) is 0 Å². The summed E-state index contributed by atoms with van der Waals surface area (Å²) in [4.78, 5) is 24.8. The van der Waals surface area contributed by atoms with E-state index in [9.17, 15) is 13.2 Å². The van der Waals surface area contributed by atoms with Gasteiger partial charge in [0.25, 0.3) is 0 Å². The highest BCUT2D eigenvalue weighted by Gasteiger charge is 2.30. The zero-order valence-corrected chi connectivity index (χ0v) is 21.3. The molecule has 0 radical (unpaired) electrons. The smallest absolute Gasteiger partial charge is 0.320 e. The van der Waals surface area contributed by atoms with Crippen molar-refractivity contribution in [2.45, 2.75) is 51.8 Å². The molecular weight excluding hydrogens is 448 g/mol. The van der Waals surface area contributed by atoms with Gasteiger partial charge < -0.3 is 14.8 Å². The van der Waals surface area contributed by atoms with E-state index in [0.717, 1.165) is 45.5 Å². The number of aromatic amines is 1. The van der Waals surface area contributed by atoms with Gasteiger partial charge in [-0.3, -0.25) is 0 Å². The standard InChI is InChI=1S/C26H34N4O3S/c1-5-12-30(26(31)29-13-10-23(11-14-29)34(4,32)33)17-22-15-20(7-6-18(22)2)21-8-9-24-25(16-21)28-19(3)27-24/h6-9,15-16,23H,5,10-14,17H2,1-4H3,(H,27,28). The summed E-state index contributed by atoms with van der Waals surface area (Å²) in [6.45, 7) is 8.26. The molecule has 1 fully saturated rings. The van der Waals surface area contributed by atoms with Crippen LogP contribution in [0.1, 0.15) is 43.1 Å². The van der Waals surface area contributed by atoms with Crippen LogP contribution in [0.3, 0.4) is 0 Å². The minimum Gasteiger partial charge on any atom is -0.342 e. The molecular formula is C26H34N4O3S. The van der Waals surface area contributed by atoms with Gasteiger partial charge in [0.15, 0.2) is 0 Å². The van der Waals surface area contributed by atoms with Gasteiger partial charge in [-0.2, -0.15) is 0 Å². The molecule has 1 N–H and O–H groups in total. The van der Waals surface area contributed by atoms with Crippen molar-refractivity contribution < 1.29 is 13.2 Å². The quantitative estimate of drug-likeness (QED) is 0.552. The molecule has 0 spiro atoms. The average molecular weight is 483 g/mol. The highest BCUT2D eigenvalue weighted by molar-refractivity contribution is 7.91. The number of fused-ring (bicyclic) bond motifs is 1. The molecule has 0 saturated carbocycles. The van der Waals surface area contributed by atoms with E-state index >= 15 is 0 Å². The molecule has 1 saturated heterocycles. The van der Waals surface area contributed by atoms with Gasteiger partial charge in [-0.05, 0) is 73.6 Å². The zero-order valence-electron chi connectivity index (χ0n) is 20.5. The normalized spacial score (nSPS) is 15.1. The maximum Gasteiger partial charge on any atom is 0.320 e. The molecule has 1 aromatic heterocycles. The predicted octanol–water partition coefficient (Wildman–Crippen LogP) is 4.69. The molecule has 2 aromatic carbocycles. The third-order valence-corrected chi connectivity index (χ3v) is 8.41. The van der Waals surface area contributed by atoms with Crippen molar-refractivity contribution in [1.29, 1.82) is 0 Å². The van der Waals surface area contributed by atoms with Crippen LogP contribution >= 0.6 is 0 Å². The van der Waals surface area contributed by atoms with E-state index in [4.69, 9.17) is 0 Å². The number of hydrogen-bond acceptors (Lipinski definition) is 4. The minimum atomic E-state index is -3.06. The van der Waals surface area contributed by atoms with Crippen molar-refractivity contribution in [3.8, 4) is 11.1 Å². The van der Waals surface area contributed by atoms with Crippen molar-refractivity contribution in [2.75, 3.05) is 25.9 Å². The number of nitrogens with one attached hydrogen (secondary N) is 1. The van der Waals surface area contributed by atoms with Gasteiger partial charge in [-0.25, -0.2) is 18.2 Å². The number of aromatic nitrogens is 2. The van der Waals surface area contributed by atoms with Crippen LogP contribution in [0.25, 0.3) is 22.2 Å². The number of H-pyrrole nitrogens is 1. The lowest BCUT2D eigenvalue weighted by Crippen LogP contribution is -2.48. The molecule has 2 heterocycles. The Bertz CT molecular complexity index is 1290. The fourth-order valence-corrected chi connectivity index (χ4v) is 5.80. The summed E-state index contributed by atoms with van der Waals surface area (Å²) in [5, 5.41) is -0.342. The minimum absolute atomic E-state index is 0.00652. The Balaban J connectivity index is 1.53. The van der Waals surface area contributed by atoms with Crippen LogP contribution in [-0.2, 0) is 16.4 Å². The second-order valence-electron chi connectivity index (χ2n) is 9.42. The number of likely N-dealkylation sites (tertiary alicyclic amines) is 1. The van der Waals surface area contributed by atoms with Gasteiger partial charge in [0.2, 0.25) is 0 Å². The Morgan fingerprint density at radius 1 is 1.12 bits per heavy atom. The summed E-state index contributed by atoms with van der Waals surface area (Å²) >= 11 is 0. The van der Waals surface area contributed by atoms with E-state index in [1.165, 1.54) is 6.26 Å². The van der Waals surface area contributed by atoms with Gasteiger partial charge in [-0.15, -0.1) is 0 Å². The first-order valence-electron chi connectivity index (χ1n) is 11.9. The number of rotatable bonds is 6. The van der Waals surface area contributed by atoms with Crippen molar-refractivity contribution in [2.24, 2.45) is 0 Å². The van der Waals surface area contributed by atoms with Crippen LogP contribution in [0.2, 0.25) is 0 Å². The number of piperidine rings is 1. The van der Waals surface area contributed by atoms with Crippen molar-refractivity contribution in [3.05, 3.63) is 53.3 Å². The van der Waals surface area contributed by atoms with E-state index in [1.807, 2.05) is 22.8 Å². The molecule has 3 aromatic rings. The van der Waals surface area contributed by atoms with Gasteiger partial charge in [-0.1, -0.05) is 25.1 Å². The fraction of sp³-hybridized carbons (Fsp3) is 0.462. The number of sulfone groups is 1. The fourth-order valence-electron chi connectivity index (χ4n) is 4.73. The Morgan fingerprint density at radius 3 is 2.47 bits per heavy atom. The van der Waals surface area contributed by atoms with E-state index in [2.05, 4.69) is 54.1 Å². The molecule has 0 aliphatic carbocycles. The number of benzene rings is 2. The molecule has 34 heavy (non-hydrogen) atoms. The largest absolute Gasteiger partial charge is 0.342 e. The van der Waals surface area contributed by atoms with Crippen LogP contribution in [0, 0.1) is 13.8 Å². The van der Waals surface area contributed by atoms with Gasteiger partial charge in [0.05, 0.1) is 16.3 Å². The van der Waals surface area contributed by atoms with Crippen LogP contribution in [0.4, 0.5) is 4.79 Å². The molecule has 0 unspecified atom stereocenters. The number of nitrogens with zero attached hydrogens (tertiary/aromatic N) is 3. The topological polar surface area (TPSA) is 86.4 Å². The summed E-state index contributed by atoms with van der Waals surface area (Å²) in [6.07, 6.45) is 3.17. The summed E-state index contributed by atoms with van der Waals surface area (Å²) in [5.41, 5.74) is 6.43. The zero-order chi connectivity index (χ0) is 24.5. The predicted molar refractivity (Wildman–Crippen MR) is 137 cm³/mol. The SMILES string of the molecule is CCCN(Cc1cc(-c2ccc3nc(C)[nH]c3c2)ccc1C)C(=O)N1CCC(S(C)(=O)=O)CC1. The third kappa shape index (κ3) is 5.27. The molecule has 8 heteroatoms. The lowest BCUT2D eigenvalue weighted by molar-refractivity contribution is 0.141. The Morgan fingerprint density at radius 2 is 1.79 bits per heavy atom. The number of hydrogen-bond donors (Lipinski definition) is 1. The Hall–Kier alpha value is -2.87. The monoisotopic (exact) mass is 482 g/mol. The number of amides is 2. The van der Waals surface area contributed by atoms with Crippen LogP contribution in [-0.4, -0.2) is 65.4 Å². The summed E-state index contributed by atoms with van der Waals surface area (Å²) in [5.74, 6) is 0.894. The van der Waals surface area contributed by atoms with Crippen molar-refractivity contribution in [1.82, 2.24) is 19.8 Å². The number of carbonyl (C=O) groups excluding carboxylic acids is 1. The second-order valence-corrected chi connectivity index (χ2v) is 11.7. The maximum atomic E-state index is 13.4. The molecule has 182 valence electrons. The summed E-state index contributed by atoms with van der Waals surface area (Å²) < 4.78 is 23.8. The van der Waals surface area contributed by atoms with Crippen molar-refractivity contribution >= 4 is 26.9 Å².